The number of carbonyl (C=O) groups is 3. The van der Waals surface area contributed by atoms with Gasteiger partial charge in [-0.25, -0.2) is 0 Å². The molecule has 6 nitrogen and oxygen atoms in total. The number of aryl methyl sites for hydroxylation is 2. The minimum Gasteiger partial charge on any atom is -0.344 e. The molecule has 0 aliphatic heterocycles. The first-order chi connectivity index (χ1) is 14.7. The maximum Gasteiger partial charge on any atom is 0.269 e. The molecular weight excluding hydrogens is 390 g/mol. The van der Waals surface area contributed by atoms with Crippen LogP contribution >= 0.6 is 0 Å². The van der Waals surface area contributed by atoms with E-state index in [1.807, 2.05) is 39.8 Å². The van der Waals surface area contributed by atoms with Crippen molar-refractivity contribution in [2.24, 2.45) is 29.1 Å². The van der Waals surface area contributed by atoms with E-state index in [-0.39, 0.29) is 29.1 Å². The zero-order valence-corrected chi connectivity index (χ0v) is 19.1. The molecule has 31 heavy (non-hydrogen) atoms. The maximum absolute atomic E-state index is 13.4. The minimum absolute atomic E-state index is 0.0288. The van der Waals surface area contributed by atoms with E-state index in [1.54, 1.807) is 6.07 Å². The second-order valence-electron chi connectivity index (χ2n) is 10.7. The molecule has 0 unspecified atom stereocenters. The van der Waals surface area contributed by atoms with Crippen LogP contribution < -0.4 is 16.2 Å². The van der Waals surface area contributed by atoms with Crippen LogP contribution in [0.4, 0.5) is 0 Å². The Hall–Kier alpha value is -2.37. The van der Waals surface area contributed by atoms with Gasteiger partial charge in [0.25, 0.3) is 11.8 Å². The fourth-order valence-corrected chi connectivity index (χ4v) is 6.55. The fraction of sp³-hybridized carbons (Fsp3) is 0.640. The molecule has 3 N–H and O–H groups in total. The van der Waals surface area contributed by atoms with Gasteiger partial charge in [-0.05, 0) is 87.7 Å². The predicted molar refractivity (Wildman–Crippen MR) is 119 cm³/mol. The van der Waals surface area contributed by atoms with E-state index in [4.69, 9.17) is 0 Å². The normalized spacial score (nSPS) is 29.5. The molecule has 4 aliphatic rings. The smallest absolute Gasteiger partial charge is 0.269 e. The quantitative estimate of drug-likeness (QED) is 0.632. The summed E-state index contributed by atoms with van der Waals surface area (Å²) in [6.45, 7) is 7.66. The van der Waals surface area contributed by atoms with Crippen molar-refractivity contribution < 1.29 is 14.4 Å². The van der Waals surface area contributed by atoms with Crippen LogP contribution in [0.5, 0.6) is 0 Å². The summed E-state index contributed by atoms with van der Waals surface area (Å²) in [7, 11) is 0. The Morgan fingerprint density at radius 2 is 1.52 bits per heavy atom. The van der Waals surface area contributed by atoms with Crippen molar-refractivity contribution in [1.29, 1.82) is 0 Å². The molecule has 1 aromatic carbocycles. The number of rotatable bonds is 5. The van der Waals surface area contributed by atoms with Crippen molar-refractivity contribution in [2.45, 2.75) is 72.3 Å². The minimum atomic E-state index is -0.681. The van der Waals surface area contributed by atoms with Crippen molar-refractivity contribution in [3.63, 3.8) is 0 Å². The first-order valence-electron chi connectivity index (χ1n) is 11.7. The molecule has 0 spiro atoms. The molecule has 4 saturated carbocycles. The van der Waals surface area contributed by atoms with Crippen molar-refractivity contribution in [3.05, 3.63) is 34.9 Å². The van der Waals surface area contributed by atoms with Gasteiger partial charge in [0.2, 0.25) is 5.91 Å². The van der Waals surface area contributed by atoms with E-state index in [9.17, 15) is 14.4 Å². The van der Waals surface area contributed by atoms with Gasteiger partial charge >= 0.3 is 0 Å². The van der Waals surface area contributed by atoms with Crippen molar-refractivity contribution >= 4 is 17.7 Å². The predicted octanol–water partition coefficient (Wildman–Crippen LogP) is 3.42. The molecule has 0 saturated heterocycles. The van der Waals surface area contributed by atoms with Crippen LogP contribution in [-0.2, 0) is 9.59 Å². The Kier molecular flexibility index (Phi) is 5.84. The highest BCUT2D eigenvalue weighted by Gasteiger charge is 2.55. The highest BCUT2D eigenvalue weighted by molar-refractivity contribution is 5.97. The Morgan fingerprint density at radius 3 is 2.03 bits per heavy atom. The van der Waals surface area contributed by atoms with Crippen LogP contribution in [0, 0.1) is 42.9 Å². The monoisotopic (exact) mass is 425 g/mol. The third kappa shape index (κ3) is 4.35. The van der Waals surface area contributed by atoms with E-state index in [0.29, 0.717) is 23.3 Å². The lowest BCUT2D eigenvalue weighted by molar-refractivity contribution is -0.149. The van der Waals surface area contributed by atoms with Gasteiger partial charge in [-0.15, -0.1) is 0 Å². The van der Waals surface area contributed by atoms with Crippen LogP contribution in [0.3, 0.4) is 0 Å². The molecule has 4 fully saturated rings. The van der Waals surface area contributed by atoms with Crippen molar-refractivity contribution in [2.75, 3.05) is 0 Å². The zero-order valence-electron chi connectivity index (χ0n) is 19.1. The molecular formula is C25H35N3O3. The molecule has 1 aromatic rings. The summed E-state index contributed by atoms with van der Waals surface area (Å²) in [6, 6.07) is 4.87. The second-order valence-corrected chi connectivity index (χ2v) is 10.7. The average molecular weight is 426 g/mol. The summed E-state index contributed by atoms with van der Waals surface area (Å²) >= 11 is 0. The number of benzene rings is 1. The SMILES string of the molecule is Cc1ccc(C(=O)NNC(=O)[C@H](NC(=O)C23CC4CC(CC(C4)C2)C3)C(C)C)c(C)c1. The van der Waals surface area contributed by atoms with E-state index in [1.165, 1.54) is 19.3 Å². The molecule has 0 heterocycles. The van der Waals surface area contributed by atoms with E-state index >= 15 is 0 Å². The molecule has 0 radical (unpaired) electrons. The lowest BCUT2D eigenvalue weighted by atomic mass is 9.49. The Balaban J connectivity index is 1.39. The second kappa shape index (κ2) is 8.29. The third-order valence-corrected chi connectivity index (χ3v) is 7.68. The van der Waals surface area contributed by atoms with Gasteiger partial charge in [0.15, 0.2) is 0 Å². The van der Waals surface area contributed by atoms with Gasteiger partial charge in [-0.2, -0.15) is 0 Å². The molecule has 3 amide bonds. The summed E-state index contributed by atoms with van der Waals surface area (Å²) in [4.78, 5) is 38.8. The summed E-state index contributed by atoms with van der Waals surface area (Å²) in [5.74, 6) is 1.20. The van der Waals surface area contributed by atoms with Crippen molar-refractivity contribution in [1.82, 2.24) is 16.2 Å². The largest absolute Gasteiger partial charge is 0.344 e. The highest BCUT2D eigenvalue weighted by Crippen LogP contribution is 2.60. The van der Waals surface area contributed by atoms with Crippen molar-refractivity contribution in [3.8, 4) is 0 Å². The molecule has 168 valence electrons. The number of hydrogen-bond acceptors (Lipinski definition) is 3. The van der Waals surface area contributed by atoms with Crippen LogP contribution in [-0.4, -0.2) is 23.8 Å². The summed E-state index contributed by atoms with van der Waals surface area (Å²) in [5, 5.41) is 3.05. The fourth-order valence-electron chi connectivity index (χ4n) is 6.55. The molecule has 4 aliphatic carbocycles. The Morgan fingerprint density at radius 1 is 0.935 bits per heavy atom. The van der Waals surface area contributed by atoms with Crippen LogP contribution in [0.2, 0.25) is 0 Å². The van der Waals surface area contributed by atoms with Gasteiger partial charge < -0.3 is 5.32 Å². The zero-order chi connectivity index (χ0) is 22.3. The maximum atomic E-state index is 13.4. The van der Waals surface area contributed by atoms with Gasteiger partial charge in [-0.1, -0.05) is 31.5 Å². The number of nitrogens with one attached hydrogen (secondary N) is 3. The molecule has 0 aromatic heterocycles. The van der Waals surface area contributed by atoms with Gasteiger partial charge in [0.1, 0.15) is 6.04 Å². The van der Waals surface area contributed by atoms with Crippen LogP contribution in [0.1, 0.15) is 73.9 Å². The van der Waals surface area contributed by atoms with Crippen LogP contribution in [0.25, 0.3) is 0 Å². The lowest BCUT2D eigenvalue weighted by Gasteiger charge is -2.55. The van der Waals surface area contributed by atoms with Gasteiger partial charge in [0, 0.05) is 11.0 Å². The lowest BCUT2D eigenvalue weighted by Crippen LogP contribution is -2.59. The Bertz CT molecular complexity index is 857. The highest BCUT2D eigenvalue weighted by atomic mass is 16.2. The standard InChI is InChI=1S/C25H35N3O3/c1-14(2)21(23(30)28-27-22(29)20-6-5-15(3)7-16(20)4)26-24(31)25-11-17-8-18(12-25)10-19(9-17)13-25/h5-7,14,17-19,21H,8-13H2,1-4H3,(H,26,31)(H,27,29)(H,28,30)/t17?,18?,19?,21-,25?/m1/s1. The van der Waals surface area contributed by atoms with E-state index in [0.717, 1.165) is 30.4 Å². The number of hydrazine groups is 1. The molecule has 6 heteroatoms. The third-order valence-electron chi connectivity index (χ3n) is 7.68. The summed E-state index contributed by atoms with van der Waals surface area (Å²) < 4.78 is 0. The molecule has 4 bridgehead atoms. The number of amides is 3. The van der Waals surface area contributed by atoms with Gasteiger partial charge in [-0.3, -0.25) is 25.2 Å². The van der Waals surface area contributed by atoms with E-state index in [2.05, 4.69) is 16.2 Å². The number of carbonyl (C=O) groups excluding carboxylic acids is 3. The molecule has 1 atom stereocenters. The summed E-state index contributed by atoms with van der Waals surface area (Å²) in [5.41, 5.74) is 7.18. The topological polar surface area (TPSA) is 87.3 Å². The summed E-state index contributed by atoms with van der Waals surface area (Å²) in [6.07, 6.45) is 6.68. The average Bonchev–Trinajstić information content (AvgIpc) is 2.68. The van der Waals surface area contributed by atoms with Crippen LogP contribution in [0.15, 0.2) is 18.2 Å². The Labute approximate surface area is 184 Å². The molecule has 5 rings (SSSR count). The first-order valence-corrected chi connectivity index (χ1v) is 11.7. The number of hydrogen-bond donors (Lipinski definition) is 3. The van der Waals surface area contributed by atoms with Gasteiger partial charge in [0.05, 0.1) is 0 Å². The first kappa shape index (κ1) is 21.8. The van der Waals surface area contributed by atoms with E-state index < -0.39 is 6.04 Å².